The molecule has 0 atom stereocenters. The van der Waals surface area contributed by atoms with Crippen LogP contribution in [0.5, 0.6) is 0 Å². The third-order valence-electron chi connectivity index (χ3n) is 21.0. The van der Waals surface area contributed by atoms with Crippen molar-refractivity contribution in [1.82, 2.24) is 0 Å². The van der Waals surface area contributed by atoms with E-state index < -0.39 is 25.4 Å². The number of hydrogen-bond donors (Lipinski definition) is 0. The highest BCUT2D eigenvalue weighted by atomic mass is 31.2. The van der Waals surface area contributed by atoms with Crippen molar-refractivity contribution in [2.45, 2.75) is 352 Å². The van der Waals surface area contributed by atoms with Crippen molar-refractivity contribution in [1.29, 1.82) is 0 Å². The Morgan fingerprint density at radius 1 is 0.250 bits per heavy atom. The summed E-state index contributed by atoms with van der Waals surface area (Å²) in [7, 11) is -2.75. The zero-order valence-electron chi connectivity index (χ0n) is 68.9. The lowest BCUT2D eigenvalue weighted by molar-refractivity contribution is 0.00990. The van der Waals surface area contributed by atoms with Crippen LogP contribution in [0, 0.1) is 41.5 Å². The molecule has 6 aromatic rings. The molecule has 0 saturated heterocycles. The molecule has 0 spiro atoms. The summed E-state index contributed by atoms with van der Waals surface area (Å²) in [5.41, 5.74) is 17.3. The Morgan fingerprint density at radius 3 is 0.560 bits per heavy atom. The zero-order valence-corrected chi connectivity index (χ0v) is 69.8. The van der Waals surface area contributed by atoms with Crippen LogP contribution in [0.25, 0.3) is 0 Å². The van der Waals surface area contributed by atoms with Crippen molar-refractivity contribution in [2.24, 2.45) is 0 Å². The van der Waals surface area contributed by atoms with Crippen LogP contribution < -0.4 is 0 Å². The number of unbranched alkanes of at least 4 members (excludes halogenated alkanes) is 12. The third kappa shape index (κ3) is 19.8. The Morgan fingerprint density at radius 2 is 0.410 bits per heavy atom. The second kappa shape index (κ2) is 34.2. The predicted molar refractivity (Wildman–Crippen MR) is 439 cm³/mol. The summed E-state index contributed by atoms with van der Waals surface area (Å²) in [6, 6.07) is 42.8. The molecule has 0 N–H and O–H groups in total. The molecule has 0 aliphatic heterocycles. The van der Waals surface area contributed by atoms with Crippen LogP contribution >= 0.6 is 8.60 Å². The number of rotatable bonds is 33. The molecule has 0 radical (unpaired) electrons. The minimum absolute atomic E-state index is 0.361. The van der Waals surface area contributed by atoms with Gasteiger partial charge in [0.25, 0.3) is 0 Å². The van der Waals surface area contributed by atoms with Crippen molar-refractivity contribution in [3.8, 4) is 0 Å². The highest BCUT2D eigenvalue weighted by Gasteiger charge is 2.56. The second-order valence-electron chi connectivity index (χ2n) is 36.6. The van der Waals surface area contributed by atoms with E-state index in [1.807, 2.05) is 0 Å². The van der Waals surface area contributed by atoms with E-state index in [-0.39, 0.29) is 32.5 Å². The summed E-state index contributed by atoms with van der Waals surface area (Å²) in [5.74, 6) is 0. The molecule has 0 unspecified atom stereocenters. The fourth-order valence-electron chi connectivity index (χ4n) is 15.3. The first-order valence-corrected chi connectivity index (χ1v) is 40.2. The van der Waals surface area contributed by atoms with E-state index in [4.69, 9.17) is 19.7 Å². The zero-order chi connectivity index (χ0) is 74.8. The van der Waals surface area contributed by atoms with Gasteiger partial charge < -0.3 is 0 Å². The topological polar surface area (TPSA) is 27.7 Å². The monoisotopic (exact) mass is 1370 g/mol. The molecule has 4 heteroatoms. The minimum atomic E-state index is -2.75. The molecule has 0 bridgehead atoms. The molecule has 0 aliphatic rings. The summed E-state index contributed by atoms with van der Waals surface area (Å²) in [4.78, 5) is 0. The van der Waals surface area contributed by atoms with Gasteiger partial charge >= 0.3 is 8.60 Å². The van der Waals surface area contributed by atoms with Gasteiger partial charge in [0, 0.05) is 0 Å². The Labute approximate surface area is 616 Å². The van der Waals surface area contributed by atoms with Crippen LogP contribution in [0.3, 0.4) is 0 Å². The average Bonchev–Trinajstić information content (AvgIpc) is 0.706. The van der Waals surface area contributed by atoms with Gasteiger partial charge in [-0.25, -0.2) is 0 Å². The summed E-state index contributed by atoms with van der Waals surface area (Å²) < 4.78 is 28.0. The molecule has 6 rings (SSSR count). The largest absolute Gasteiger partial charge is 0.337 e. The van der Waals surface area contributed by atoms with Crippen LogP contribution in [0.1, 0.15) is 361 Å². The Hall–Kier alpha value is -5.15. The smallest absolute Gasteiger partial charge is 0.291 e. The van der Waals surface area contributed by atoms with E-state index in [1.54, 1.807) is 0 Å². The Kier molecular flexibility index (Phi) is 28.6. The van der Waals surface area contributed by atoms with Crippen LogP contribution in [0.15, 0.2) is 146 Å². The summed E-state index contributed by atoms with van der Waals surface area (Å²) in [6.07, 6.45) is 18.7. The molecule has 6 aromatic carbocycles. The summed E-state index contributed by atoms with van der Waals surface area (Å²) >= 11 is 0. The van der Waals surface area contributed by atoms with E-state index in [0.29, 0.717) is 19.3 Å². The fraction of sp³-hybridized carbons (Fsp3) is 0.562. The fourth-order valence-corrected chi connectivity index (χ4v) is 17.1. The Bertz CT molecular complexity index is 3150. The second-order valence-corrected chi connectivity index (χ2v) is 37.6. The molecule has 0 aromatic heterocycles. The number of aryl methyl sites for hydroxylation is 6. The number of benzene rings is 6. The molecular weight excluding hydrogens is 1230 g/mol. The quantitative estimate of drug-likeness (QED) is 0.0233. The first-order chi connectivity index (χ1) is 46.5. The van der Waals surface area contributed by atoms with Crippen molar-refractivity contribution < 1.29 is 13.6 Å². The van der Waals surface area contributed by atoms with Gasteiger partial charge in [-0.2, -0.15) is 0 Å². The Balaban J connectivity index is 2.12. The van der Waals surface area contributed by atoms with Gasteiger partial charge in [-0.05, 0) is 196 Å². The van der Waals surface area contributed by atoms with Gasteiger partial charge in [0.2, 0.25) is 0 Å². The van der Waals surface area contributed by atoms with Crippen molar-refractivity contribution >= 4 is 8.60 Å². The van der Waals surface area contributed by atoms with Gasteiger partial charge in [-0.3, -0.25) is 13.6 Å². The van der Waals surface area contributed by atoms with Crippen molar-refractivity contribution in [3.63, 3.8) is 0 Å². The molecule has 0 aliphatic carbocycles. The maximum atomic E-state index is 9.35. The maximum Gasteiger partial charge on any atom is 0.337 e. The highest BCUT2D eigenvalue weighted by Crippen LogP contribution is 2.67. The molecule has 548 valence electrons. The van der Waals surface area contributed by atoms with E-state index >= 15 is 0 Å². The molecule has 0 saturated carbocycles. The predicted octanol–water partition coefficient (Wildman–Crippen LogP) is 29.5. The normalized spacial score (nSPS) is 13.2. The third-order valence-corrected chi connectivity index (χ3v) is 22.3. The van der Waals surface area contributed by atoms with Gasteiger partial charge in [0.1, 0.15) is 16.8 Å². The van der Waals surface area contributed by atoms with Crippen molar-refractivity contribution in [3.05, 3.63) is 246 Å². The molecule has 0 fully saturated rings. The standard InChI is InChI=1S/C96H141O3P/c1-31-34-37-40-43-46-73(10)94(76-55-49-67(4)61-82(76)88(13,14)15,77-56-50-68(5)62-83(77)89(16,17)18)97-100(98-95(74(11)47-44-41-38-35-32-2,78-57-51-69(6)63-84(78)90(19,20)21)79-58-52-70(7)64-85(79)91(22,23)24)99-96(75(12)48-45-42-39-36-33-3,80-59-53-71(8)65-86(80)92(25,26)27)81-60-54-72(9)66-87(81)93(28,29)30/h49-66H,10-12,31-48H2,1-9,13-30H3. The molecule has 0 amide bonds. The highest BCUT2D eigenvalue weighted by molar-refractivity contribution is 7.41. The van der Waals surface area contributed by atoms with Gasteiger partial charge in [0.05, 0.1) is 0 Å². The van der Waals surface area contributed by atoms with Crippen LogP contribution in [0.4, 0.5) is 0 Å². The van der Waals surface area contributed by atoms with Gasteiger partial charge in [-0.1, -0.05) is 385 Å². The van der Waals surface area contributed by atoms with Gasteiger partial charge in [0.15, 0.2) is 0 Å². The van der Waals surface area contributed by atoms with Gasteiger partial charge in [-0.15, -0.1) is 0 Å². The molecular formula is C96H141O3P. The molecule has 0 heterocycles. The lowest BCUT2D eigenvalue weighted by Gasteiger charge is -2.50. The molecule has 3 nitrogen and oxygen atoms in total. The SMILES string of the molecule is C=C(CCCCCCC)C(OP(OC(C(=C)CCCCCCC)(c1ccc(C)cc1C(C)(C)C)c1ccc(C)cc1C(C)(C)C)OC(C(=C)CCCCCCC)(c1ccc(C)cc1C(C)(C)C)c1ccc(C)cc1C(C)(C)C)(c1ccc(C)cc1C(C)(C)C)c1ccc(C)cc1C(C)(C)C. The van der Waals surface area contributed by atoms with Crippen LogP contribution in [-0.2, 0) is 62.9 Å². The first-order valence-electron chi connectivity index (χ1n) is 39.1. The average molecular weight is 1370 g/mol. The minimum Gasteiger partial charge on any atom is -0.291 e. The lowest BCUT2D eigenvalue weighted by Crippen LogP contribution is -2.43. The van der Waals surface area contributed by atoms with Crippen LogP contribution in [0.2, 0.25) is 0 Å². The first kappa shape index (κ1) is 83.8. The van der Waals surface area contributed by atoms with E-state index in [9.17, 15) is 13.6 Å². The van der Waals surface area contributed by atoms with E-state index in [1.165, 1.54) is 86.0 Å². The maximum absolute atomic E-state index is 9.35. The number of hydrogen-bond acceptors (Lipinski definition) is 3. The lowest BCUT2D eigenvalue weighted by atomic mass is 9.68. The summed E-state index contributed by atoms with van der Waals surface area (Å²) in [5, 5.41) is 0. The summed E-state index contributed by atoms with van der Waals surface area (Å²) in [6.45, 7) is 79.7. The van der Waals surface area contributed by atoms with E-state index in [0.717, 1.165) is 127 Å². The molecule has 100 heavy (non-hydrogen) atoms. The van der Waals surface area contributed by atoms with E-state index in [2.05, 4.69) is 296 Å². The van der Waals surface area contributed by atoms with Crippen LogP contribution in [-0.4, -0.2) is 0 Å². The van der Waals surface area contributed by atoms with Crippen molar-refractivity contribution in [2.75, 3.05) is 0 Å².